The predicted octanol–water partition coefficient (Wildman–Crippen LogP) is 3.68. The van der Waals surface area contributed by atoms with Crippen LogP contribution in [0.2, 0.25) is 0 Å². The number of hydrogen-bond acceptors (Lipinski definition) is 3. The molecule has 0 bridgehead atoms. The zero-order valence-corrected chi connectivity index (χ0v) is 14.4. The minimum atomic E-state index is -0.0879. The van der Waals surface area contributed by atoms with E-state index in [0.29, 0.717) is 5.56 Å². The second kappa shape index (κ2) is 6.92. The summed E-state index contributed by atoms with van der Waals surface area (Å²) in [5, 5.41) is 3.22. The zero-order chi connectivity index (χ0) is 16.2. The van der Waals surface area contributed by atoms with Crippen LogP contribution in [0.3, 0.4) is 0 Å². The van der Waals surface area contributed by atoms with Crippen LogP contribution >= 0.6 is 0 Å². The molecular weight excluding hydrogens is 262 g/mol. The Balaban J connectivity index is 3.22. The number of hydrogen-bond donors (Lipinski definition) is 1. The molecule has 0 saturated carbocycles. The van der Waals surface area contributed by atoms with E-state index >= 15 is 0 Å². The molecule has 0 aliphatic heterocycles. The third-order valence-electron chi connectivity index (χ3n) is 3.77. The molecule has 118 valence electrons. The molecule has 1 atom stereocenters. The van der Waals surface area contributed by atoms with E-state index in [-0.39, 0.29) is 17.4 Å². The summed E-state index contributed by atoms with van der Waals surface area (Å²) in [5.41, 5.74) is 1.55. The number of carbonyl (C=O) groups is 1. The van der Waals surface area contributed by atoms with Crippen molar-refractivity contribution in [2.45, 2.75) is 59.4 Å². The van der Waals surface area contributed by atoms with Crippen molar-refractivity contribution < 1.29 is 4.79 Å². The van der Waals surface area contributed by atoms with Crippen LogP contribution in [0.4, 0.5) is 5.82 Å². The number of nitrogens with one attached hydrogen (secondary N) is 1. The highest BCUT2D eigenvalue weighted by Crippen LogP contribution is 2.24. The standard InChI is InChI=1S/C17H29N3O/c1-8-12(3)20(7)16(21)13-10-14(17(4,5)6)19-15(11-13)18-9-2/h10-12H,8-9H2,1-7H3,(H,18,19). The molecule has 0 aromatic carbocycles. The molecule has 21 heavy (non-hydrogen) atoms. The molecule has 0 aliphatic rings. The number of nitrogens with zero attached hydrogens (tertiary/aromatic N) is 2. The van der Waals surface area contributed by atoms with E-state index in [1.165, 1.54) is 0 Å². The number of carbonyl (C=O) groups excluding carboxylic acids is 1. The Morgan fingerprint density at radius 1 is 1.33 bits per heavy atom. The van der Waals surface area contributed by atoms with Crippen LogP contribution in [0.25, 0.3) is 0 Å². The Kier molecular flexibility index (Phi) is 5.76. The molecule has 0 saturated heterocycles. The van der Waals surface area contributed by atoms with Crippen LogP contribution in [-0.2, 0) is 5.41 Å². The first-order chi connectivity index (χ1) is 9.70. The van der Waals surface area contributed by atoms with E-state index < -0.39 is 0 Å². The SMILES string of the molecule is CCNc1cc(C(=O)N(C)C(C)CC)cc(C(C)(C)C)n1. The van der Waals surface area contributed by atoms with Gasteiger partial charge in [-0.2, -0.15) is 0 Å². The Labute approximate surface area is 129 Å². The maximum Gasteiger partial charge on any atom is 0.254 e. The molecule has 0 aliphatic carbocycles. The summed E-state index contributed by atoms with van der Waals surface area (Å²) in [5.74, 6) is 0.822. The number of rotatable bonds is 5. The molecule has 0 fully saturated rings. The van der Waals surface area contributed by atoms with Crippen LogP contribution in [0.15, 0.2) is 12.1 Å². The lowest BCUT2D eigenvalue weighted by Crippen LogP contribution is -2.35. The van der Waals surface area contributed by atoms with Crippen LogP contribution in [-0.4, -0.2) is 35.4 Å². The molecule has 4 heteroatoms. The maximum absolute atomic E-state index is 12.7. The second-order valence-corrected chi connectivity index (χ2v) is 6.58. The molecule has 1 aromatic heterocycles. The topological polar surface area (TPSA) is 45.2 Å². The van der Waals surface area contributed by atoms with Gasteiger partial charge in [-0.25, -0.2) is 4.98 Å². The quantitative estimate of drug-likeness (QED) is 0.900. The smallest absolute Gasteiger partial charge is 0.254 e. The van der Waals surface area contributed by atoms with E-state index in [1.807, 2.05) is 26.1 Å². The molecule has 1 aromatic rings. The van der Waals surface area contributed by atoms with Gasteiger partial charge >= 0.3 is 0 Å². The first-order valence-electron chi connectivity index (χ1n) is 7.74. The van der Waals surface area contributed by atoms with Gasteiger partial charge in [-0.15, -0.1) is 0 Å². The van der Waals surface area contributed by atoms with Gasteiger partial charge in [0, 0.05) is 36.3 Å². The fourth-order valence-corrected chi connectivity index (χ4v) is 1.99. The molecule has 1 amide bonds. The Bertz CT molecular complexity index is 491. The van der Waals surface area contributed by atoms with Gasteiger partial charge in [0.25, 0.3) is 5.91 Å². The van der Waals surface area contributed by atoms with Gasteiger partial charge in [0.2, 0.25) is 0 Å². The van der Waals surface area contributed by atoms with Crippen molar-refractivity contribution >= 4 is 11.7 Å². The average molecular weight is 291 g/mol. The minimum absolute atomic E-state index is 0.0522. The molecule has 1 N–H and O–H groups in total. The summed E-state index contributed by atoms with van der Waals surface area (Å²) < 4.78 is 0. The van der Waals surface area contributed by atoms with E-state index in [1.54, 1.807) is 4.90 Å². The molecule has 1 heterocycles. The molecule has 4 nitrogen and oxygen atoms in total. The summed E-state index contributed by atoms with van der Waals surface area (Å²) in [7, 11) is 1.86. The molecule has 1 unspecified atom stereocenters. The second-order valence-electron chi connectivity index (χ2n) is 6.58. The molecular formula is C17H29N3O. The molecule has 1 rings (SSSR count). The highest BCUT2D eigenvalue weighted by molar-refractivity contribution is 5.95. The number of anilines is 1. The lowest BCUT2D eigenvalue weighted by atomic mass is 9.90. The fraction of sp³-hybridized carbons (Fsp3) is 0.647. The van der Waals surface area contributed by atoms with Crippen LogP contribution in [0.5, 0.6) is 0 Å². The van der Waals surface area contributed by atoms with Crippen LogP contribution < -0.4 is 5.32 Å². The minimum Gasteiger partial charge on any atom is -0.370 e. The van der Waals surface area contributed by atoms with E-state index in [9.17, 15) is 4.79 Å². The van der Waals surface area contributed by atoms with Gasteiger partial charge < -0.3 is 10.2 Å². The summed E-state index contributed by atoms with van der Waals surface area (Å²) in [6, 6.07) is 3.99. The molecule has 0 spiro atoms. The van der Waals surface area contributed by atoms with E-state index in [4.69, 9.17) is 0 Å². The highest BCUT2D eigenvalue weighted by Gasteiger charge is 2.22. The van der Waals surface area contributed by atoms with Crippen molar-refractivity contribution in [2.24, 2.45) is 0 Å². The zero-order valence-electron chi connectivity index (χ0n) is 14.4. The lowest BCUT2D eigenvalue weighted by Gasteiger charge is -2.25. The first-order valence-corrected chi connectivity index (χ1v) is 7.74. The highest BCUT2D eigenvalue weighted by atomic mass is 16.2. The summed E-state index contributed by atoms with van der Waals surface area (Å²) in [6.45, 7) is 13.3. The van der Waals surface area contributed by atoms with Crippen LogP contribution in [0, 0.1) is 0 Å². The number of pyridine rings is 1. The Morgan fingerprint density at radius 2 is 1.95 bits per heavy atom. The third-order valence-corrected chi connectivity index (χ3v) is 3.77. The molecule has 0 radical (unpaired) electrons. The Morgan fingerprint density at radius 3 is 2.43 bits per heavy atom. The van der Waals surface area contributed by atoms with E-state index in [2.05, 4.69) is 44.9 Å². The van der Waals surface area contributed by atoms with E-state index in [0.717, 1.165) is 24.5 Å². The number of amides is 1. The van der Waals surface area contributed by atoms with Crippen molar-refractivity contribution in [3.05, 3.63) is 23.4 Å². The van der Waals surface area contributed by atoms with Crippen molar-refractivity contribution in [3.8, 4) is 0 Å². The van der Waals surface area contributed by atoms with Gasteiger partial charge in [-0.3, -0.25) is 4.79 Å². The maximum atomic E-state index is 12.7. The van der Waals surface area contributed by atoms with Crippen molar-refractivity contribution in [3.63, 3.8) is 0 Å². The van der Waals surface area contributed by atoms with Gasteiger partial charge in [0.05, 0.1) is 0 Å². The summed E-state index contributed by atoms with van der Waals surface area (Å²) in [4.78, 5) is 19.1. The van der Waals surface area contributed by atoms with Gasteiger partial charge in [-0.05, 0) is 32.4 Å². The summed E-state index contributed by atoms with van der Waals surface area (Å²) >= 11 is 0. The fourth-order valence-electron chi connectivity index (χ4n) is 1.99. The van der Waals surface area contributed by atoms with Crippen LogP contribution in [0.1, 0.15) is 64.0 Å². The largest absolute Gasteiger partial charge is 0.370 e. The average Bonchev–Trinajstić information content (AvgIpc) is 2.44. The Hall–Kier alpha value is -1.58. The van der Waals surface area contributed by atoms with Gasteiger partial charge in [0.1, 0.15) is 5.82 Å². The predicted molar refractivity (Wildman–Crippen MR) is 88.9 cm³/mol. The normalized spacial score (nSPS) is 12.9. The summed E-state index contributed by atoms with van der Waals surface area (Å²) in [6.07, 6.45) is 0.944. The van der Waals surface area contributed by atoms with Gasteiger partial charge in [0.15, 0.2) is 0 Å². The monoisotopic (exact) mass is 291 g/mol. The number of aromatic nitrogens is 1. The van der Waals surface area contributed by atoms with Crippen molar-refractivity contribution in [1.29, 1.82) is 0 Å². The van der Waals surface area contributed by atoms with Gasteiger partial charge in [-0.1, -0.05) is 27.7 Å². The van der Waals surface area contributed by atoms with Crippen molar-refractivity contribution in [1.82, 2.24) is 9.88 Å². The first kappa shape index (κ1) is 17.5. The lowest BCUT2D eigenvalue weighted by molar-refractivity contribution is 0.0740. The third kappa shape index (κ3) is 4.45. The van der Waals surface area contributed by atoms with Crippen molar-refractivity contribution in [2.75, 3.05) is 18.9 Å².